The van der Waals surface area contributed by atoms with Gasteiger partial charge in [0.05, 0.1) is 27.5 Å². The first-order chi connectivity index (χ1) is 24.8. The molecule has 232 valence electrons. The van der Waals surface area contributed by atoms with Gasteiger partial charge in [-0.05, 0) is 83.2 Å². The molecule has 0 atom stereocenters. The first kappa shape index (κ1) is 27.2. The second-order valence-corrected chi connectivity index (χ2v) is 13.1. The summed E-state index contributed by atoms with van der Waals surface area (Å²) in [5.74, 6) is 0.922. The predicted octanol–water partition coefficient (Wildman–Crippen LogP) is 11.0. The van der Waals surface area contributed by atoms with Crippen LogP contribution >= 0.6 is 0 Å². The minimum atomic E-state index is 0.922. The van der Waals surface area contributed by atoms with Crippen molar-refractivity contribution in [3.63, 3.8) is 0 Å². The molecule has 4 heteroatoms. The molecule has 7 aromatic carbocycles. The summed E-state index contributed by atoms with van der Waals surface area (Å²) in [5.41, 5.74) is 10.2. The van der Waals surface area contributed by atoms with Gasteiger partial charge in [-0.2, -0.15) is 4.40 Å². The smallest absolute Gasteiger partial charge is 0.317 e. The van der Waals surface area contributed by atoms with Crippen molar-refractivity contribution in [1.29, 1.82) is 0 Å². The van der Waals surface area contributed by atoms with Gasteiger partial charge in [0.15, 0.2) is 11.0 Å². The van der Waals surface area contributed by atoms with Crippen molar-refractivity contribution in [3.05, 3.63) is 176 Å². The Balaban J connectivity index is 1.21. The van der Waals surface area contributed by atoms with E-state index in [9.17, 15) is 0 Å². The zero-order chi connectivity index (χ0) is 32.8. The van der Waals surface area contributed by atoms with Crippen molar-refractivity contribution in [3.8, 4) is 22.8 Å². The van der Waals surface area contributed by atoms with E-state index in [1.54, 1.807) is 0 Å². The molecule has 0 amide bonds. The van der Waals surface area contributed by atoms with E-state index in [-0.39, 0.29) is 0 Å². The van der Waals surface area contributed by atoms with Crippen molar-refractivity contribution >= 4 is 70.8 Å². The number of para-hydroxylation sites is 4. The van der Waals surface area contributed by atoms with E-state index in [1.807, 2.05) is 0 Å². The summed E-state index contributed by atoms with van der Waals surface area (Å²) >= 11 is 0. The number of nitrogens with zero attached hydrogens (tertiary/aromatic N) is 4. The first-order valence-corrected chi connectivity index (χ1v) is 17.1. The molecular weight excluding hydrogens is 609 g/mol. The number of pyridine rings is 1. The number of hydrogen-bond acceptors (Lipinski definition) is 1. The lowest BCUT2D eigenvalue weighted by Gasteiger charge is -2.12. The quantitative estimate of drug-likeness (QED) is 0.140. The summed E-state index contributed by atoms with van der Waals surface area (Å²) in [6.07, 6.45) is 2.17. The van der Waals surface area contributed by atoms with Crippen LogP contribution in [0.25, 0.3) is 93.6 Å². The summed E-state index contributed by atoms with van der Waals surface area (Å²) < 4.78 is 7.07. The summed E-state index contributed by atoms with van der Waals surface area (Å²) in [6, 6.07) is 61.1. The van der Waals surface area contributed by atoms with Crippen LogP contribution in [0.2, 0.25) is 0 Å². The molecular formula is C46H29N4+. The Kier molecular flexibility index (Phi) is 5.63. The largest absolute Gasteiger partial charge is 0.336 e. The van der Waals surface area contributed by atoms with Crippen molar-refractivity contribution in [2.45, 2.75) is 0 Å². The highest BCUT2D eigenvalue weighted by Gasteiger charge is 2.25. The first-order valence-electron chi connectivity index (χ1n) is 17.1. The van der Waals surface area contributed by atoms with E-state index >= 15 is 0 Å². The Hall–Kier alpha value is -6.78. The molecule has 0 aliphatic carbocycles. The van der Waals surface area contributed by atoms with Gasteiger partial charge in [-0.3, -0.25) is 0 Å². The minimum Gasteiger partial charge on any atom is -0.317 e. The van der Waals surface area contributed by atoms with E-state index in [0.717, 1.165) is 39.2 Å². The second-order valence-electron chi connectivity index (χ2n) is 13.1. The lowest BCUT2D eigenvalue weighted by molar-refractivity contribution is -0.469. The molecule has 0 unspecified atom stereocenters. The molecule has 4 nitrogen and oxygen atoms in total. The van der Waals surface area contributed by atoms with E-state index in [0.29, 0.717) is 0 Å². The van der Waals surface area contributed by atoms with Crippen LogP contribution in [0.3, 0.4) is 0 Å². The molecule has 0 bridgehead atoms. The van der Waals surface area contributed by atoms with Gasteiger partial charge < -0.3 is 9.13 Å². The Morgan fingerprint density at radius 1 is 0.440 bits per heavy atom. The molecule has 11 rings (SSSR count). The predicted molar refractivity (Wildman–Crippen MR) is 207 cm³/mol. The molecule has 4 aromatic heterocycles. The molecule has 0 spiro atoms. The summed E-state index contributed by atoms with van der Waals surface area (Å²) in [4.78, 5) is 5.40. The van der Waals surface area contributed by atoms with Crippen LogP contribution < -0.4 is 4.40 Å². The topological polar surface area (TPSA) is 26.9 Å². The number of hydrogen-bond donors (Lipinski definition) is 0. The highest BCUT2D eigenvalue weighted by molar-refractivity contribution is 6.16. The lowest BCUT2D eigenvalue weighted by Crippen LogP contribution is -2.28. The van der Waals surface area contributed by atoms with E-state index in [2.05, 4.69) is 190 Å². The third kappa shape index (κ3) is 3.81. The maximum absolute atomic E-state index is 5.40. The van der Waals surface area contributed by atoms with Crippen LogP contribution in [0, 0.1) is 0 Å². The number of fused-ring (bicyclic) bond motifs is 12. The van der Waals surface area contributed by atoms with Crippen LogP contribution in [0.5, 0.6) is 0 Å². The molecule has 0 aliphatic rings. The Labute approximate surface area is 287 Å². The molecule has 4 heterocycles. The Morgan fingerprint density at radius 3 is 2.02 bits per heavy atom. The Morgan fingerprint density at radius 2 is 1.14 bits per heavy atom. The molecule has 0 fully saturated rings. The summed E-state index contributed by atoms with van der Waals surface area (Å²) in [5, 5.41) is 8.49. The SMILES string of the molecule is c1ccc(-n2ccc3cc4c(cc32)c2ccccc2n4-c2cccc(-c3nc4ccccc4c4c5ccccc5c5ccccc5[n+]34)c2)cc1. The molecule has 0 N–H and O–H groups in total. The molecule has 0 aliphatic heterocycles. The average molecular weight is 638 g/mol. The van der Waals surface area contributed by atoms with E-state index < -0.39 is 0 Å². The molecule has 0 saturated carbocycles. The van der Waals surface area contributed by atoms with Crippen molar-refractivity contribution < 1.29 is 4.40 Å². The standard InChI is InChI=1S/C46H29N4/c1-2-14-32(15-3-1)48-26-25-30-28-44-39(29-43(30)48)36-19-8-10-23-41(36)49(44)33-16-12-13-31(27-33)46-47-40-22-9-6-21-38(40)45-37-20-5-4-17-34(37)35-18-7-11-24-42(35)50(45)46/h1-29H/q+1. The number of rotatable bonds is 3. The third-order valence-corrected chi connectivity index (χ3v) is 10.3. The zero-order valence-corrected chi connectivity index (χ0v) is 27.0. The van der Waals surface area contributed by atoms with Gasteiger partial charge in [-0.25, -0.2) is 0 Å². The van der Waals surface area contributed by atoms with Crippen molar-refractivity contribution in [2.75, 3.05) is 0 Å². The summed E-state index contributed by atoms with van der Waals surface area (Å²) in [6.45, 7) is 0. The van der Waals surface area contributed by atoms with Crippen molar-refractivity contribution in [2.24, 2.45) is 0 Å². The monoisotopic (exact) mass is 637 g/mol. The highest BCUT2D eigenvalue weighted by Crippen LogP contribution is 2.37. The van der Waals surface area contributed by atoms with Gasteiger partial charge in [0.1, 0.15) is 5.52 Å². The van der Waals surface area contributed by atoms with Gasteiger partial charge in [0.25, 0.3) is 0 Å². The zero-order valence-electron chi connectivity index (χ0n) is 27.0. The maximum atomic E-state index is 5.40. The van der Waals surface area contributed by atoms with Gasteiger partial charge >= 0.3 is 5.82 Å². The number of aromatic nitrogens is 4. The second kappa shape index (κ2) is 10.4. The molecule has 11 aromatic rings. The van der Waals surface area contributed by atoms with Crippen LogP contribution in [-0.4, -0.2) is 14.1 Å². The van der Waals surface area contributed by atoms with Crippen LogP contribution in [0.1, 0.15) is 0 Å². The molecule has 0 saturated heterocycles. The number of benzene rings is 7. The maximum Gasteiger partial charge on any atom is 0.336 e. The van der Waals surface area contributed by atoms with Crippen LogP contribution in [0.4, 0.5) is 0 Å². The highest BCUT2D eigenvalue weighted by atomic mass is 15.0. The fourth-order valence-corrected chi connectivity index (χ4v) is 8.15. The minimum absolute atomic E-state index is 0.922. The third-order valence-electron chi connectivity index (χ3n) is 10.3. The molecule has 50 heavy (non-hydrogen) atoms. The van der Waals surface area contributed by atoms with E-state index in [1.165, 1.54) is 54.4 Å². The van der Waals surface area contributed by atoms with Crippen molar-refractivity contribution in [1.82, 2.24) is 14.1 Å². The summed E-state index contributed by atoms with van der Waals surface area (Å²) in [7, 11) is 0. The normalized spacial score (nSPS) is 12.0. The average Bonchev–Trinajstić information content (AvgIpc) is 3.75. The fourth-order valence-electron chi connectivity index (χ4n) is 8.15. The van der Waals surface area contributed by atoms with Gasteiger partial charge in [-0.15, -0.1) is 0 Å². The fraction of sp³-hybridized carbons (Fsp3) is 0. The van der Waals surface area contributed by atoms with Gasteiger partial charge in [0.2, 0.25) is 0 Å². The molecule has 0 radical (unpaired) electrons. The Bertz CT molecular complexity index is 3150. The van der Waals surface area contributed by atoms with Crippen LogP contribution in [-0.2, 0) is 0 Å². The van der Waals surface area contributed by atoms with E-state index in [4.69, 9.17) is 4.98 Å². The van der Waals surface area contributed by atoms with Gasteiger partial charge in [0, 0.05) is 44.5 Å². The lowest BCUT2D eigenvalue weighted by atomic mass is 10.0. The van der Waals surface area contributed by atoms with Gasteiger partial charge in [-0.1, -0.05) is 97.1 Å². The van der Waals surface area contributed by atoms with Crippen LogP contribution in [0.15, 0.2) is 176 Å².